The molecule has 0 saturated carbocycles. The van der Waals surface area contributed by atoms with Crippen molar-refractivity contribution in [3.05, 3.63) is 66.8 Å². The van der Waals surface area contributed by atoms with Gasteiger partial charge in [0, 0.05) is 14.1 Å². The molecule has 0 atom stereocenters. The Morgan fingerprint density at radius 1 is 1.08 bits per heavy atom. The SMILES string of the molecule is COC(=O)c1sc(NC(=O)CSc2nc3c(c(=O)n(C)c(=O)n3C)n2Cc2ccc(C)cc2)nc1C. The van der Waals surface area contributed by atoms with Crippen LogP contribution < -0.4 is 16.6 Å². The van der Waals surface area contributed by atoms with E-state index >= 15 is 0 Å². The fraction of sp³-hybridized carbons (Fsp3) is 0.304. The van der Waals surface area contributed by atoms with E-state index < -0.39 is 17.2 Å². The van der Waals surface area contributed by atoms with Gasteiger partial charge in [-0.05, 0) is 19.4 Å². The highest BCUT2D eigenvalue weighted by Gasteiger charge is 2.21. The third-order valence-electron chi connectivity index (χ3n) is 5.52. The third kappa shape index (κ3) is 4.84. The maximum atomic E-state index is 13.0. The molecule has 1 amide bonds. The number of nitrogens with zero attached hydrogens (tertiary/aromatic N) is 5. The van der Waals surface area contributed by atoms with Crippen molar-refractivity contribution >= 4 is 51.3 Å². The van der Waals surface area contributed by atoms with E-state index in [-0.39, 0.29) is 28.0 Å². The number of hydrogen-bond acceptors (Lipinski definition) is 9. The summed E-state index contributed by atoms with van der Waals surface area (Å²) in [6, 6.07) is 7.86. The number of aryl methyl sites for hydroxylation is 3. The van der Waals surface area contributed by atoms with Gasteiger partial charge < -0.3 is 14.6 Å². The van der Waals surface area contributed by atoms with Crippen molar-refractivity contribution < 1.29 is 14.3 Å². The molecule has 0 aliphatic carbocycles. The molecule has 11 nitrogen and oxygen atoms in total. The van der Waals surface area contributed by atoms with Gasteiger partial charge in [0.1, 0.15) is 4.88 Å². The predicted octanol–water partition coefficient (Wildman–Crippen LogP) is 2.07. The van der Waals surface area contributed by atoms with Crippen LogP contribution in [-0.2, 0) is 30.2 Å². The van der Waals surface area contributed by atoms with E-state index in [1.165, 1.54) is 18.7 Å². The summed E-state index contributed by atoms with van der Waals surface area (Å²) >= 11 is 2.16. The van der Waals surface area contributed by atoms with Crippen molar-refractivity contribution in [3.8, 4) is 0 Å². The summed E-state index contributed by atoms with van der Waals surface area (Å²) in [6.07, 6.45) is 0. The average Bonchev–Trinajstić information content (AvgIpc) is 3.40. The fourth-order valence-electron chi connectivity index (χ4n) is 3.58. The number of aromatic nitrogens is 5. The molecule has 0 bridgehead atoms. The molecule has 0 aliphatic rings. The Hall–Kier alpha value is -3.71. The van der Waals surface area contributed by atoms with Gasteiger partial charge in [0.2, 0.25) is 5.91 Å². The molecule has 0 fully saturated rings. The highest BCUT2D eigenvalue weighted by atomic mass is 32.2. The van der Waals surface area contributed by atoms with Gasteiger partial charge in [-0.15, -0.1) is 0 Å². The standard InChI is InChI=1S/C23H24N6O5S2/c1-12-6-8-14(9-7-12)10-29-16-18(27(3)23(33)28(4)19(16)31)26-22(29)35-11-15(30)25-21-24-13(2)17(36-21)20(32)34-5/h6-9H,10-11H2,1-5H3,(H,24,25,30). The lowest BCUT2D eigenvalue weighted by Gasteiger charge is -2.10. The Morgan fingerprint density at radius 2 is 1.78 bits per heavy atom. The van der Waals surface area contributed by atoms with Crippen LogP contribution in [0.4, 0.5) is 5.13 Å². The quantitative estimate of drug-likeness (QED) is 0.285. The molecule has 1 aromatic carbocycles. The lowest BCUT2D eigenvalue weighted by Crippen LogP contribution is -2.37. The minimum absolute atomic E-state index is 0.0301. The fourth-order valence-corrected chi connectivity index (χ4v) is 5.27. The molecule has 0 saturated heterocycles. The van der Waals surface area contributed by atoms with Gasteiger partial charge in [0.15, 0.2) is 21.5 Å². The smallest absolute Gasteiger partial charge is 0.350 e. The van der Waals surface area contributed by atoms with E-state index in [4.69, 9.17) is 4.74 Å². The summed E-state index contributed by atoms with van der Waals surface area (Å²) in [4.78, 5) is 59.0. The Bertz CT molecular complexity index is 1600. The zero-order chi connectivity index (χ0) is 26.1. The number of ether oxygens (including phenoxy) is 1. The number of thiazole rings is 1. The molecule has 0 aliphatic heterocycles. The molecule has 0 radical (unpaired) electrons. The first-order valence-electron chi connectivity index (χ1n) is 10.8. The molecule has 4 aromatic rings. The van der Waals surface area contributed by atoms with Gasteiger partial charge >= 0.3 is 11.7 Å². The van der Waals surface area contributed by atoms with Crippen LogP contribution >= 0.6 is 23.1 Å². The lowest BCUT2D eigenvalue weighted by molar-refractivity contribution is -0.113. The van der Waals surface area contributed by atoms with Crippen molar-refractivity contribution in [1.82, 2.24) is 23.7 Å². The van der Waals surface area contributed by atoms with Crippen molar-refractivity contribution in [1.29, 1.82) is 0 Å². The zero-order valence-corrected chi connectivity index (χ0v) is 22.0. The van der Waals surface area contributed by atoms with Crippen LogP contribution in [-0.4, -0.2) is 48.4 Å². The number of fused-ring (bicyclic) bond motifs is 1. The number of benzene rings is 1. The normalized spacial score (nSPS) is 11.1. The number of anilines is 1. The molecular formula is C23H24N6O5S2. The van der Waals surface area contributed by atoms with Crippen LogP contribution in [0.5, 0.6) is 0 Å². The molecule has 13 heteroatoms. The maximum absolute atomic E-state index is 13.0. The van der Waals surface area contributed by atoms with E-state index in [0.717, 1.165) is 38.8 Å². The van der Waals surface area contributed by atoms with Gasteiger partial charge in [0.25, 0.3) is 5.56 Å². The number of methoxy groups -OCH3 is 1. The van der Waals surface area contributed by atoms with Gasteiger partial charge in [-0.3, -0.25) is 18.7 Å². The molecule has 4 rings (SSSR count). The molecule has 3 aromatic heterocycles. The summed E-state index contributed by atoms with van der Waals surface area (Å²) in [6.45, 7) is 3.98. The highest BCUT2D eigenvalue weighted by Crippen LogP contribution is 2.26. The molecule has 36 heavy (non-hydrogen) atoms. The zero-order valence-electron chi connectivity index (χ0n) is 20.3. The molecule has 0 unspecified atom stereocenters. The molecule has 188 valence electrons. The van der Waals surface area contributed by atoms with Crippen LogP contribution in [0.1, 0.15) is 26.5 Å². The molecular weight excluding hydrogens is 504 g/mol. The Kier molecular flexibility index (Phi) is 7.13. The molecule has 0 spiro atoms. The number of carbonyl (C=O) groups is 2. The number of nitrogens with one attached hydrogen (secondary N) is 1. The lowest BCUT2D eigenvalue weighted by atomic mass is 10.1. The van der Waals surface area contributed by atoms with Gasteiger partial charge in [-0.2, -0.15) is 0 Å². The van der Waals surface area contributed by atoms with Gasteiger partial charge in [-0.25, -0.2) is 19.6 Å². The van der Waals surface area contributed by atoms with E-state index in [9.17, 15) is 19.2 Å². The summed E-state index contributed by atoms with van der Waals surface area (Å²) in [7, 11) is 4.26. The summed E-state index contributed by atoms with van der Waals surface area (Å²) in [5, 5.41) is 3.39. The topological polar surface area (TPSA) is 130 Å². The Balaban J connectivity index is 1.65. The van der Waals surface area contributed by atoms with Gasteiger partial charge in [-0.1, -0.05) is 52.9 Å². The Morgan fingerprint density at radius 3 is 2.44 bits per heavy atom. The first-order chi connectivity index (χ1) is 17.1. The van der Waals surface area contributed by atoms with E-state index in [0.29, 0.717) is 22.3 Å². The van der Waals surface area contributed by atoms with Crippen LogP contribution in [0.2, 0.25) is 0 Å². The van der Waals surface area contributed by atoms with Crippen molar-refractivity contribution in [2.45, 2.75) is 25.5 Å². The summed E-state index contributed by atoms with van der Waals surface area (Å²) in [5.41, 5.74) is 2.09. The second-order valence-corrected chi connectivity index (χ2v) is 10.0. The minimum atomic E-state index is -0.517. The highest BCUT2D eigenvalue weighted by molar-refractivity contribution is 7.99. The number of thioether (sulfide) groups is 1. The summed E-state index contributed by atoms with van der Waals surface area (Å²) < 4.78 is 8.81. The first kappa shape index (κ1) is 25.4. The Labute approximate surface area is 213 Å². The summed E-state index contributed by atoms with van der Waals surface area (Å²) in [5.74, 6) is -0.907. The van der Waals surface area contributed by atoms with Crippen LogP contribution in [0, 0.1) is 13.8 Å². The number of rotatable bonds is 7. The molecule has 1 N–H and O–H groups in total. The number of esters is 1. The number of amides is 1. The molecule has 3 heterocycles. The maximum Gasteiger partial charge on any atom is 0.350 e. The second kappa shape index (κ2) is 10.1. The third-order valence-corrected chi connectivity index (χ3v) is 7.55. The average molecular weight is 529 g/mol. The predicted molar refractivity (Wildman–Crippen MR) is 138 cm³/mol. The first-order valence-corrected chi connectivity index (χ1v) is 12.6. The second-order valence-electron chi connectivity index (χ2n) is 8.11. The van der Waals surface area contributed by atoms with E-state index in [1.54, 1.807) is 18.5 Å². The van der Waals surface area contributed by atoms with Crippen LogP contribution in [0.15, 0.2) is 39.0 Å². The number of hydrogen-bond donors (Lipinski definition) is 1. The van der Waals surface area contributed by atoms with Crippen LogP contribution in [0.25, 0.3) is 11.2 Å². The minimum Gasteiger partial charge on any atom is -0.465 e. The largest absolute Gasteiger partial charge is 0.465 e. The number of imidazole rings is 1. The van der Waals surface area contributed by atoms with E-state index in [1.807, 2.05) is 31.2 Å². The van der Waals surface area contributed by atoms with Crippen molar-refractivity contribution in [3.63, 3.8) is 0 Å². The van der Waals surface area contributed by atoms with E-state index in [2.05, 4.69) is 15.3 Å². The van der Waals surface area contributed by atoms with Crippen LogP contribution in [0.3, 0.4) is 0 Å². The monoisotopic (exact) mass is 528 g/mol. The number of carbonyl (C=O) groups excluding carboxylic acids is 2. The van der Waals surface area contributed by atoms with Crippen molar-refractivity contribution in [2.24, 2.45) is 14.1 Å². The van der Waals surface area contributed by atoms with Gasteiger partial charge in [0.05, 0.1) is 25.1 Å². The van der Waals surface area contributed by atoms with Crippen molar-refractivity contribution in [2.75, 3.05) is 18.2 Å².